The van der Waals surface area contributed by atoms with Gasteiger partial charge < -0.3 is 15.0 Å². The van der Waals surface area contributed by atoms with Crippen LogP contribution >= 0.6 is 11.6 Å². The van der Waals surface area contributed by atoms with Crippen LogP contribution in [0.5, 0.6) is 5.75 Å². The van der Waals surface area contributed by atoms with E-state index in [-0.39, 0.29) is 11.8 Å². The van der Waals surface area contributed by atoms with Crippen LogP contribution in [-0.2, 0) is 4.79 Å². The van der Waals surface area contributed by atoms with Gasteiger partial charge in [0.25, 0.3) is 0 Å². The predicted octanol–water partition coefficient (Wildman–Crippen LogP) is 3.25. The molecule has 1 aromatic carbocycles. The highest BCUT2D eigenvalue weighted by atomic mass is 35.5. The quantitative estimate of drug-likeness (QED) is 0.746. The van der Waals surface area contributed by atoms with Crippen molar-refractivity contribution in [3.63, 3.8) is 0 Å². The van der Waals surface area contributed by atoms with Gasteiger partial charge in [-0.2, -0.15) is 0 Å². The molecular formula is C19H20ClN5O2. The van der Waals surface area contributed by atoms with E-state index < -0.39 is 0 Å². The summed E-state index contributed by atoms with van der Waals surface area (Å²) in [7, 11) is 1.62. The SMILES string of the molecule is COc1ccc(NC(=O)[C@@H]2CCCN(c3nnc4ccc(Cl)cn34)C2)cc1. The highest BCUT2D eigenvalue weighted by Crippen LogP contribution is 2.25. The van der Waals surface area contributed by atoms with Gasteiger partial charge in [0.1, 0.15) is 5.75 Å². The van der Waals surface area contributed by atoms with Crippen LogP contribution in [0.2, 0.25) is 5.02 Å². The number of piperidine rings is 1. The normalized spacial score (nSPS) is 17.1. The lowest BCUT2D eigenvalue weighted by molar-refractivity contribution is -0.120. The number of nitrogens with one attached hydrogen (secondary N) is 1. The van der Waals surface area contributed by atoms with Crippen molar-refractivity contribution in [2.45, 2.75) is 12.8 Å². The molecule has 1 amide bonds. The first-order valence-corrected chi connectivity index (χ1v) is 9.22. The minimum atomic E-state index is -0.118. The van der Waals surface area contributed by atoms with Crippen LogP contribution in [0.1, 0.15) is 12.8 Å². The smallest absolute Gasteiger partial charge is 0.231 e. The third kappa shape index (κ3) is 3.68. The second kappa shape index (κ2) is 7.44. The average molecular weight is 386 g/mol. The summed E-state index contributed by atoms with van der Waals surface area (Å²) >= 11 is 6.11. The Morgan fingerprint density at radius 1 is 1.22 bits per heavy atom. The van der Waals surface area contributed by atoms with Crippen LogP contribution in [0.3, 0.4) is 0 Å². The van der Waals surface area contributed by atoms with Crippen LogP contribution in [0.4, 0.5) is 11.6 Å². The Balaban J connectivity index is 1.48. The molecule has 4 rings (SSSR count). The number of hydrogen-bond donors (Lipinski definition) is 1. The van der Waals surface area contributed by atoms with Crippen LogP contribution in [0.25, 0.3) is 5.65 Å². The Kier molecular flexibility index (Phi) is 4.85. The fraction of sp³-hybridized carbons (Fsp3) is 0.316. The number of amides is 1. The molecule has 0 aliphatic carbocycles. The first kappa shape index (κ1) is 17.6. The molecule has 0 saturated carbocycles. The van der Waals surface area contributed by atoms with Crippen molar-refractivity contribution in [3.05, 3.63) is 47.6 Å². The highest BCUT2D eigenvalue weighted by Gasteiger charge is 2.28. The summed E-state index contributed by atoms with van der Waals surface area (Å²) in [5, 5.41) is 12.1. The lowest BCUT2D eigenvalue weighted by Crippen LogP contribution is -2.41. The monoisotopic (exact) mass is 385 g/mol. The standard InChI is InChI=1S/C19H20ClN5O2/c1-27-16-7-5-15(6-8-16)21-18(26)13-3-2-10-24(11-13)19-23-22-17-9-4-14(20)12-25(17)19/h4-9,12-13H,2-3,10-11H2,1H3,(H,21,26)/t13-/m1/s1. The van der Waals surface area contributed by atoms with Gasteiger partial charge in [0, 0.05) is 25.0 Å². The maximum absolute atomic E-state index is 12.7. The molecule has 140 valence electrons. The summed E-state index contributed by atoms with van der Waals surface area (Å²) in [6, 6.07) is 11.0. The van der Waals surface area contributed by atoms with Crippen molar-refractivity contribution in [1.82, 2.24) is 14.6 Å². The molecule has 1 saturated heterocycles. The van der Waals surface area contributed by atoms with E-state index in [4.69, 9.17) is 16.3 Å². The van der Waals surface area contributed by atoms with E-state index >= 15 is 0 Å². The van der Waals surface area contributed by atoms with Gasteiger partial charge in [0.2, 0.25) is 11.9 Å². The first-order chi connectivity index (χ1) is 13.1. The molecule has 1 aliphatic rings. The van der Waals surface area contributed by atoms with Crippen molar-refractivity contribution in [3.8, 4) is 5.75 Å². The van der Waals surface area contributed by atoms with Crippen molar-refractivity contribution in [2.24, 2.45) is 5.92 Å². The fourth-order valence-corrected chi connectivity index (χ4v) is 3.52. The second-order valence-corrected chi connectivity index (χ2v) is 7.01. The van der Waals surface area contributed by atoms with Crippen molar-refractivity contribution in [2.75, 3.05) is 30.4 Å². The summed E-state index contributed by atoms with van der Waals surface area (Å²) in [4.78, 5) is 14.8. The molecule has 27 heavy (non-hydrogen) atoms. The molecule has 0 spiro atoms. The summed E-state index contributed by atoms with van der Waals surface area (Å²) in [6.07, 6.45) is 3.55. The molecule has 1 aliphatic heterocycles. The van der Waals surface area contributed by atoms with Gasteiger partial charge in [0.15, 0.2) is 5.65 Å². The number of benzene rings is 1. The molecule has 0 bridgehead atoms. The summed E-state index contributed by atoms with van der Waals surface area (Å²) in [5.74, 6) is 1.37. The van der Waals surface area contributed by atoms with E-state index in [0.717, 1.165) is 42.4 Å². The third-order valence-corrected chi connectivity index (χ3v) is 5.00. The summed E-state index contributed by atoms with van der Waals surface area (Å²) < 4.78 is 7.01. The van der Waals surface area contributed by atoms with E-state index in [9.17, 15) is 4.79 Å². The Morgan fingerprint density at radius 3 is 2.81 bits per heavy atom. The van der Waals surface area contributed by atoms with Crippen molar-refractivity contribution < 1.29 is 9.53 Å². The number of rotatable bonds is 4. The predicted molar refractivity (Wildman–Crippen MR) is 105 cm³/mol. The number of fused-ring (bicyclic) bond motifs is 1. The van der Waals surface area contributed by atoms with Gasteiger partial charge in [-0.05, 0) is 49.2 Å². The number of methoxy groups -OCH3 is 1. The van der Waals surface area contributed by atoms with Crippen LogP contribution in [0, 0.1) is 5.92 Å². The van der Waals surface area contributed by atoms with Gasteiger partial charge in [-0.3, -0.25) is 9.20 Å². The molecule has 8 heteroatoms. The first-order valence-electron chi connectivity index (χ1n) is 8.84. The zero-order valence-corrected chi connectivity index (χ0v) is 15.7. The van der Waals surface area contributed by atoms with Crippen LogP contribution < -0.4 is 15.0 Å². The fourth-order valence-electron chi connectivity index (χ4n) is 3.36. The van der Waals surface area contributed by atoms with Crippen molar-refractivity contribution in [1.29, 1.82) is 0 Å². The summed E-state index contributed by atoms with van der Waals surface area (Å²) in [6.45, 7) is 1.43. The van der Waals surface area contributed by atoms with E-state index in [1.54, 1.807) is 19.4 Å². The molecule has 1 N–H and O–H groups in total. The number of carbonyl (C=O) groups excluding carboxylic acids is 1. The summed E-state index contributed by atoms with van der Waals surface area (Å²) in [5.41, 5.74) is 1.50. The Morgan fingerprint density at radius 2 is 2.04 bits per heavy atom. The lowest BCUT2D eigenvalue weighted by Gasteiger charge is -2.32. The third-order valence-electron chi connectivity index (χ3n) is 4.78. The molecule has 3 heterocycles. The largest absolute Gasteiger partial charge is 0.497 e. The van der Waals surface area contributed by atoms with Gasteiger partial charge in [-0.15, -0.1) is 10.2 Å². The molecule has 3 aromatic rings. The van der Waals surface area contributed by atoms with Gasteiger partial charge in [-0.1, -0.05) is 11.6 Å². The number of pyridine rings is 1. The number of carbonyl (C=O) groups is 1. The maximum atomic E-state index is 12.7. The molecule has 1 fully saturated rings. The van der Waals surface area contributed by atoms with E-state index in [2.05, 4.69) is 20.4 Å². The molecular weight excluding hydrogens is 366 g/mol. The number of aromatic nitrogens is 3. The maximum Gasteiger partial charge on any atom is 0.231 e. The van der Waals surface area contributed by atoms with Crippen molar-refractivity contribution >= 4 is 34.8 Å². The zero-order valence-electron chi connectivity index (χ0n) is 14.9. The Hall–Kier alpha value is -2.80. The number of anilines is 2. The van der Waals surface area contributed by atoms with Crippen LogP contribution in [-0.4, -0.2) is 40.7 Å². The second-order valence-electron chi connectivity index (χ2n) is 6.58. The van der Waals surface area contributed by atoms with E-state index in [1.807, 2.05) is 34.7 Å². The van der Waals surface area contributed by atoms with Gasteiger partial charge in [0.05, 0.1) is 18.1 Å². The molecule has 7 nitrogen and oxygen atoms in total. The van der Waals surface area contributed by atoms with Gasteiger partial charge in [-0.25, -0.2) is 0 Å². The number of nitrogens with zero attached hydrogens (tertiary/aromatic N) is 4. The minimum Gasteiger partial charge on any atom is -0.497 e. The van der Waals surface area contributed by atoms with E-state index in [0.29, 0.717) is 11.6 Å². The topological polar surface area (TPSA) is 71.8 Å². The van der Waals surface area contributed by atoms with Crippen LogP contribution in [0.15, 0.2) is 42.6 Å². The molecule has 1 atom stereocenters. The molecule has 2 aromatic heterocycles. The molecule has 0 radical (unpaired) electrons. The Labute approximate surface area is 161 Å². The number of halogens is 1. The number of hydrogen-bond acceptors (Lipinski definition) is 5. The lowest BCUT2D eigenvalue weighted by atomic mass is 9.97. The number of ether oxygens (including phenoxy) is 1. The molecule has 0 unspecified atom stereocenters. The van der Waals surface area contributed by atoms with Gasteiger partial charge >= 0.3 is 0 Å². The minimum absolute atomic E-state index is 0.0109. The zero-order chi connectivity index (χ0) is 18.8. The average Bonchev–Trinajstić information content (AvgIpc) is 3.11. The van der Waals surface area contributed by atoms with E-state index in [1.165, 1.54) is 0 Å². The Bertz CT molecular complexity index is 956. The highest BCUT2D eigenvalue weighted by molar-refractivity contribution is 6.30.